The highest BCUT2D eigenvalue weighted by atomic mass is 35.5. The second-order valence-corrected chi connectivity index (χ2v) is 4.27. The maximum atomic E-state index is 5.78. The fourth-order valence-electron chi connectivity index (χ4n) is 0.989. The second kappa shape index (κ2) is 6.33. The molecule has 0 amide bonds. The van der Waals surface area contributed by atoms with E-state index in [9.17, 15) is 0 Å². The van der Waals surface area contributed by atoms with Crippen LogP contribution in [0.25, 0.3) is 11.3 Å². The van der Waals surface area contributed by atoms with E-state index in [1.807, 2.05) is 17.5 Å². The predicted molar refractivity (Wildman–Crippen MR) is 68.1 cm³/mol. The predicted octanol–water partition coefficient (Wildman–Crippen LogP) is 2.79. The lowest BCUT2D eigenvalue weighted by Gasteiger charge is -1.92. The lowest BCUT2D eigenvalue weighted by molar-refractivity contribution is 1.16. The number of nitrogens with zero attached hydrogens (tertiary/aromatic N) is 5. The van der Waals surface area contributed by atoms with Gasteiger partial charge in [-0.15, -0.1) is 5.10 Å². The molecule has 0 spiro atoms. The van der Waals surface area contributed by atoms with Gasteiger partial charge in [0.1, 0.15) is 5.69 Å². The largest absolute Gasteiger partial charge is 0.264 e. The average Bonchev–Trinajstić information content (AvgIpc) is 3.03. The summed E-state index contributed by atoms with van der Waals surface area (Å²) in [6.45, 7) is 0. The quantitative estimate of drug-likeness (QED) is 0.687. The first-order valence-corrected chi connectivity index (χ1v) is 6.42. The van der Waals surface area contributed by atoms with E-state index < -0.39 is 0 Å². The molecule has 0 unspecified atom stereocenters. The normalized spacial score (nSPS) is 9.47. The van der Waals surface area contributed by atoms with E-state index in [2.05, 4.69) is 23.3 Å². The maximum absolute atomic E-state index is 5.78. The molecule has 0 aromatic carbocycles. The van der Waals surface area contributed by atoms with E-state index >= 15 is 0 Å². The van der Waals surface area contributed by atoms with Crippen molar-refractivity contribution < 1.29 is 0 Å². The Balaban J connectivity index is 0.000000181. The zero-order valence-corrected chi connectivity index (χ0v) is 10.8. The van der Waals surface area contributed by atoms with Gasteiger partial charge in [-0.3, -0.25) is 4.98 Å². The number of hydrogen-bond donors (Lipinski definition) is 0. The summed E-state index contributed by atoms with van der Waals surface area (Å²) in [6, 6.07) is 3.74. The molecule has 3 aromatic rings. The van der Waals surface area contributed by atoms with Crippen molar-refractivity contribution in [2.45, 2.75) is 0 Å². The summed E-state index contributed by atoms with van der Waals surface area (Å²) in [5.74, 6) is 0. The van der Waals surface area contributed by atoms with Gasteiger partial charge in [0.15, 0.2) is 5.15 Å². The zero-order valence-electron chi connectivity index (χ0n) is 8.39. The molecule has 0 saturated carbocycles. The van der Waals surface area contributed by atoms with Crippen LogP contribution in [-0.4, -0.2) is 23.3 Å². The zero-order chi connectivity index (χ0) is 11.9. The minimum atomic E-state index is 0.438. The molecule has 0 bridgehead atoms. The molecule has 0 radical (unpaired) electrons. The molecule has 0 aliphatic rings. The molecular weight excluding hydrogens is 278 g/mol. The molecule has 0 atom stereocenters. The molecular formula is C9H6ClN5S2. The van der Waals surface area contributed by atoms with Crippen molar-refractivity contribution in [2.24, 2.45) is 0 Å². The third kappa shape index (κ3) is 3.52. The molecule has 3 heterocycles. The van der Waals surface area contributed by atoms with Crippen molar-refractivity contribution in [3.63, 3.8) is 0 Å². The van der Waals surface area contributed by atoms with Gasteiger partial charge in [0.05, 0.1) is 17.9 Å². The Morgan fingerprint density at radius 2 is 2.12 bits per heavy atom. The Morgan fingerprint density at radius 1 is 1.18 bits per heavy atom. The maximum Gasteiger partial charge on any atom is 0.170 e. The third-order valence-corrected chi connectivity index (χ3v) is 2.99. The van der Waals surface area contributed by atoms with Crippen molar-refractivity contribution in [1.82, 2.24) is 23.3 Å². The summed E-state index contributed by atoms with van der Waals surface area (Å²) >= 11 is 8.24. The third-order valence-electron chi connectivity index (χ3n) is 1.67. The van der Waals surface area contributed by atoms with Crippen molar-refractivity contribution in [1.29, 1.82) is 0 Å². The summed E-state index contributed by atoms with van der Waals surface area (Å²) in [4.78, 5) is 3.96. The first-order chi connectivity index (χ1) is 8.38. The van der Waals surface area contributed by atoms with E-state index in [-0.39, 0.29) is 0 Å². The van der Waals surface area contributed by atoms with E-state index in [0.717, 1.165) is 17.3 Å². The highest BCUT2D eigenvalue weighted by Gasteiger charge is 2.06. The highest BCUT2D eigenvalue weighted by Crippen LogP contribution is 2.23. The Hall–Kier alpha value is -1.44. The molecule has 0 fully saturated rings. The van der Waals surface area contributed by atoms with Gasteiger partial charge in [0.25, 0.3) is 0 Å². The molecule has 0 N–H and O–H groups in total. The fourth-order valence-corrected chi connectivity index (χ4v) is 2.03. The Bertz CT molecular complexity index is 522. The van der Waals surface area contributed by atoms with Crippen molar-refractivity contribution in [3.05, 3.63) is 41.3 Å². The van der Waals surface area contributed by atoms with Gasteiger partial charge in [0, 0.05) is 23.3 Å². The molecule has 17 heavy (non-hydrogen) atoms. The van der Waals surface area contributed by atoms with Crippen molar-refractivity contribution in [3.8, 4) is 11.3 Å². The lowest BCUT2D eigenvalue weighted by Crippen LogP contribution is -1.78. The van der Waals surface area contributed by atoms with Crippen molar-refractivity contribution >= 4 is 34.9 Å². The first kappa shape index (κ1) is 12.0. The minimum absolute atomic E-state index is 0.438. The smallest absolute Gasteiger partial charge is 0.170 e. The van der Waals surface area contributed by atoms with Gasteiger partial charge < -0.3 is 0 Å². The SMILES string of the molecule is Clc1nsnc1-c1cccnc1.c1csnn1. The van der Waals surface area contributed by atoms with Crippen LogP contribution in [0.15, 0.2) is 36.1 Å². The molecule has 8 heteroatoms. The standard InChI is InChI=1S/C7H4ClN3S.C2H2N2S/c8-7-6(10-12-11-7)5-2-1-3-9-4-5;1-2-5-4-3-1/h1-4H;1-2H. The summed E-state index contributed by atoms with van der Waals surface area (Å²) < 4.78 is 11.4. The summed E-state index contributed by atoms with van der Waals surface area (Å²) in [6.07, 6.45) is 5.07. The molecule has 86 valence electrons. The van der Waals surface area contributed by atoms with Gasteiger partial charge in [0.2, 0.25) is 0 Å². The van der Waals surface area contributed by atoms with Crippen LogP contribution in [-0.2, 0) is 0 Å². The van der Waals surface area contributed by atoms with Gasteiger partial charge in [-0.1, -0.05) is 16.1 Å². The Morgan fingerprint density at radius 3 is 2.59 bits per heavy atom. The van der Waals surface area contributed by atoms with Gasteiger partial charge in [-0.05, 0) is 23.7 Å². The van der Waals surface area contributed by atoms with E-state index in [4.69, 9.17) is 11.6 Å². The van der Waals surface area contributed by atoms with Crippen LogP contribution < -0.4 is 0 Å². The molecule has 0 aliphatic heterocycles. The van der Waals surface area contributed by atoms with E-state index in [0.29, 0.717) is 10.8 Å². The fraction of sp³-hybridized carbons (Fsp3) is 0. The number of pyridine rings is 1. The van der Waals surface area contributed by atoms with Crippen LogP contribution in [0.3, 0.4) is 0 Å². The average molecular weight is 284 g/mol. The van der Waals surface area contributed by atoms with E-state index in [1.165, 1.54) is 11.5 Å². The van der Waals surface area contributed by atoms with Gasteiger partial charge in [-0.25, -0.2) is 0 Å². The number of halogens is 1. The monoisotopic (exact) mass is 283 g/mol. The Labute approximate surface area is 111 Å². The van der Waals surface area contributed by atoms with Crippen LogP contribution in [0.5, 0.6) is 0 Å². The minimum Gasteiger partial charge on any atom is -0.264 e. The highest BCUT2D eigenvalue weighted by molar-refractivity contribution is 7.03. The van der Waals surface area contributed by atoms with Crippen LogP contribution in [0, 0.1) is 0 Å². The number of aromatic nitrogens is 5. The summed E-state index contributed by atoms with van der Waals surface area (Å²) in [7, 11) is 0. The van der Waals surface area contributed by atoms with Crippen LogP contribution in [0.4, 0.5) is 0 Å². The molecule has 0 saturated heterocycles. The van der Waals surface area contributed by atoms with Crippen LogP contribution in [0.1, 0.15) is 0 Å². The topological polar surface area (TPSA) is 64.5 Å². The number of hydrogen-bond acceptors (Lipinski definition) is 7. The molecule has 3 aromatic heterocycles. The van der Waals surface area contributed by atoms with Gasteiger partial charge >= 0.3 is 0 Å². The first-order valence-electron chi connectivity index (χ1n) is 4.47. The summed E-state index contributed by atoms with van der Waals surface area (Å²) in [5.41, 5.74) is 1.60. The Kier molecular flexibility index (Phi) is 4.48. The van der Waals surface area contributed by atoms with Crippen LogP contribution in [0.2, 0.25) is 5.15 Å². The number of rotatable bonds is 1. The van der Waals surface area contributed by atoms with Gasteiger partial charge in [-0.2, -0.15) is 8.75 Å². The molecule has 0 aliphatic carbocycles. The second-order valence-electron chi connectivity index (χ2n) is 2.73. The van der Waals surface area contributed by atoms with Crippen LogP contribution >= 0.6 is 34.9 Å². The lowest BCUT2D eigenvalue weighted by atomic mass is 10.2. The van der Waals surface area contributed by atoms with E-state index in [1.54, 1.807) is 18.6 Å². The summed E-state index contributed by atoms with van der Waals surface area (Å²) in [5, 5.41) is 5.75. The molecule has 5 nitrogen and oxygen atoms in total. The molecule has 3 rings (SSSR count). The van der Waals surface area contributed by atoms with Crippen molar-refractivity contribution in [2.75, 3.05) is 0 Å².